The zero-order valence-corrected chi connectivity index (χ0v) is 11.8. The molecule has 3 N–H and O–H groups in total. The summed E-state index contributed by atoms with van der Waals surface area (Å²) in [6.45, 7) is 4.19. The molecule has 4 heteroatoms. The van der Waals surface area contributed by atoms with E-state index >= 15 is 0 Å². The Bertz CT molecular complexity index is 566. The first-order valence-electron chi connectivity index (χ1n) is 7.33. The third-order valence-electron chi connectivity index (χ3n) is 4.18. The summed E-state index contributed by atoms with van der Waals surface area (Å²) in [4.78, 5) is 15.5. The Balaban J connectivity index is 1.68. The van der Waals surface area contributed by atoms with E-state index in [1.807, 2.05) is 30.3 Å². The van der Waals surface area contributed by atoms with Gasteiger partial charge in [0.2, 0.25) is 0 Å². The first kappa shape index (κ1) is 13.2. The third kappa shape index (κ3) is 2.70. The monoisotopic (exact) mass is 271 g/mol. The highest BCUT2D eigenvalue weighted by Crippen LogP contribution is 2.17. The van der Waals surface area contributed by atoms with Crippen molar-refractivity contribution >= 4 is 16.8 Å². The number of hydrogen-bond donors (Lipinski definition) is 3. The molecule has 0 bridgehead atoms. The maximum Gasteiger partial charge on any atom is 0.267 e. The lowest BCUT2D eigenvalue weighted by Crippen LogP contribution is -2.44. The zero-order chi connectivity index (χ0) is 13.9. The number of H-pyrrole nitrogens is 1. The van der Waals surface area contributed by atoms with Crippen LogP contribution in [0.3, 0.4) is 0 Å². The van der Waals surface area contributed by atoms with Crippen LogP contribution in [0, 0.1) is 5.92 Å². The minimum atomic E-state index is -0.0146. The number of aromatic nitrogens is 1. The largest absolute Gasteiger partial charge is 0.351 e. The van der Waals surface area contributed by atoms with Crippen LogP contribution in [0.15, 0.2) is 30.3 Å². The minimum absolute atomic E-state index is 0.0146. The molecule has 0 radical (unpaired) electrons. The quantitative estimate of drug-likeness (QED) is 0.802. The second-order valence-electron chi connectivity index (χ2n) is 5.64. The summed E-state index contributed by atoms with van der Waals surface area (Å²) in [6, 6.07) is 10.1. The second-order valence-corrected chi connectivity index (χ2v) is 5.64. The van der Waals surface area contributed by atoms with Gasteiger partial charge < -0.3 is 15.6 Å². The fourth-order valence-electron chi connectivity index (χ4n) is 2.90. The maximum atomic E-state index is 12.3. The van der Waals surface area contributed by atoms with Crippen molar-refractivity contribution in [1.82, 2.24) is 15.6 Å². The molecule has 2 unspecified atom stereocenters. The SMILES string of the molecule is CC(NC(=O)c1cc2ccccc2[nH]1)C1CCCNC1. The first-order chi connectivity index (χ1) is 9.74. The third-order valence-corrected chi connectivity index (χ3v) is 4.18. The van der Waals surface area contributed by atoms with Crippen LogP contribution in [-0.2, 0) is 0 Å². The van der Waals surface area contributed by atoms with E-state index in [4.69, 9.17) is 0 Å². The molecule has 106 valence electrons. The smallest absolute Gasteiger partial charge is 0.267 e. The Labute approximate surface area is 118 Å². The van der Waals surface area contributed by atoms with E-state index in [0.717, 1.165) is 24.0 Å². The molecule has 0 aliphatic carbocycles. The molecule has 0 saturated carbocycles. The minimum Gasteiger partial charge on any atom is -0.351 e. The normalized spacial score (nSPS) is 20.8. The molecule has 1 aliphatic heterocycles. The predicted octanol–water partition coefficient (Wildman–Crippen LogP) is 2.29. The number of fused-ring (bicyclic) bond motifs is 1. The molecular formula is C16H21N3O. The molecule has 1 fully saturated rings. The fraction of sp³-hybridized carbons (Fsp3) is 0.438. The fourth-order valence-corrected chi connectivity index (χ4v) is 2.90. The number of carbonyl (C=O) groups is 1. The number of aromatic amines is 1. The molecule has 1 aromatic carbocycles. The summed E-state index contributed by atoms with van der Waals surface area (Å²) in [5, 5.41) is 7.58. The summed E-state index contributed by atoms with van der Waals surface area (Å²) in [6.07, 6.45) is 2.37. The van der Waals surface area contributed by atoms with Gasteiger partial charge in [0.25, 0.3) is 5.91 Å². The van der Waals surface area contributed by atoms with Crippen molar-refractivity contribution in [2.75, 3.05) is 13.1 Å². The Hall–Kier alpha value is -1.81. The number of nitrogens with one attached hydrogen (secondary N) is 3. The van der Waals surface area contributed by atoms with E-state index in [9.17, 15) is 4.79 Å². The zero-order valence-electron chi connectivity index (χ0n) is 11.8. The molecule has 4 nitrogen and oxygen atoms in total. The average molecular weight is 271 g/mol. The predicted molar refractivity (Wildman–Crippen MR) is 80.8 cm³/mol. The van der Waals surface area contributed by atoms with Crippen molar-refractivity contribution in [3.8, 4) is 0 Å². The van der Waals surface area contributed by atoms with Crippen LogP contribution < -0.4 is 10.6 Å². The maximum absolute atomic E-state index is 12.3. The Morgan fingerprint density at radius 1 is 1.40 bits per heavy atom. The van der Waals surface area contributed by atoms with E-state index < -0.39 is 0 Å². The van der Waals surface area contributed by atoms with Crippen LogP contribution in [0.25, 0.3) is 10.9 Å². The molecule has 2 heterocycles. The lowest BCUT2D eigenvalue weighted by molar-refractivity contribution is 0.0917. The van der Waals surface area contributed by atoms with Gasteiger partial charge in [-0.1, -0.05) is 18.2 Å². The number of piperidine rings is 1. The van der Waals surface area contributed by atoms with E-state index in [-0.39, 0.29) is 11.9 Å². The van der Waals surface area contributed by atoms with Gasteiger partial charge >= 0.3 is 0 Å². The van der Waals surface area contributed by atoms with Crippen molar-refractivity contribution in [3.05, 3.63) is 36.0 Å². The van der Waals surface area contributed by atoms with Gasteiger partial charge in [0, 0.05) is 16.9 Å². The average Bonchev–Trinajstić information content (AvgIpc) is 2.92. The number of hydrogen-bond acceptors (Lipinski definition) is 2. The van der Waals surface area contributed by atoms with Crippen LogP contribution in [0.5, 0.6) is 0 Å². The van der Waals surface area contributed by atoms with Gasteiger partial charge in [0.15, 0.2) is 0 Å². The molecule has 0 spiro atoms. The van der Waals surface area contributed by atoms with Crippen molar-refractivity contribution in [1.29, 1.82) is 0 Å². The first-order valence-corrected chi connectivity index (χ1v) is 7.33. The van der Waals surface area contributed by atoms with Gasteiger partial charge in [-0.05, 0) is 50.9 Å². The highest BCUT2D eigenvalue weighted by atomic mass is 16.1. The summed E-state index contributed by atoms with van der Waals surface area (Å²) < 4.78 is 0. The molecule has 2 atom stereocenters. The number of carbonyl (C=O) groups excluding carboxylic acids is 1. The molecule has 1 saturated heterocycles. The van der Waals surface area contributed by atoms with Gasteiger partial charge in [-0.2, -0.15) is 0 Å². The number of para-hydroxylation sites is 1. The summed E-state index contributed by atoms with van der Waals surface area (Å²) in [7, 11) is 0. The molecule has 3 rings (SSSR count). The Morgan fingerprint density at radius 2 is 2.25 bits per heavy atom. The Kier molecular flexibility index (Phi) is 3.74. The van der Waals surface area contributed by atoms with E-state index in [1.54, 1.807) is 0 Å². The van der Waals surface area contributed by atoms with Crippen LogP contribution in [-0.4, -0.2) is 30.0 Å². The van der Waals surface area contributed by atoms with Gasteiger partial charge in [-0.3, -0.25) is 4.79 Å². The van der Waals surface area contributed by atoms with E-state index in [2.05, 4.69) is 22.5 Å². The van der Waals surface area contributed by atoms with Gasteiger partial charge in [0.05, 0.1) is 0 Å². The summed E-state index contributed by atoms with van der Waals surface area (Å²) >= 11 is 0. The topological polar surface area (TPSA) is 56.9 Å². The van der Waals surface area contributed by atoms with E-state index in [1.165, 1.54) is 12.8 Å². The molecule has 1 aromatic heterocycles. The molecule has 20 heavy (non-hydrogen) atoms. The summed E-state index contributed by atoms with van der Waals surface area (Å²) in [5.74, 6) is 0.511. The number of benzene rings is 1. The Morgan fingerprint density at radius 3 is 3.00 bits per heavy atom. The van der Waals surface area contributed by atoms with E-state index in [0.29, 0.717) is 11.6 Å². The van der Waals surface area contributed by atoms with Crippen LogP contribution in [0.1, 0.15) is 30.3 Å². The van der Waals surface area contributed by atoms with Crippen molar-refractivity contribution in [2.24, 2.45) is 5.92 Å². The van der Waals surface area contributed by atoms with Gasteiger partial charge in [-0.15, -0.1) is 0 Å². The highest BCUT2D eigenvalue weighted by molar-refractivity contribution is 5.98. The van der Waals surface area contributed by atoms with Crippen molar-refractivity contribution in [2.45, 2.75) is 25.8 Å². The van der Waals surface area contributed by atoms with Crippen molar-refractivity contribution in [3.63, 3.8) is 0 Å². The van der Waals surface area contributed by atoms with Crippen LogP contribution >= 0.6 is 0 Å². The van der Waals surface area contributed by atoms with Crippen LogP contribution in [0.4, 0.5) is 0 Å². The number of rotatable bonds is 3. The molecule has 1 amide bonds. The van der Waals surface area contributed by atoms with Crippen LogP contribution in [0.2, 0.25) is 0 Å². The number of amides is 1. The van der Waals surface area contributed by atoms with Gasteiger partial charge in [-0.25, -0.2) is 0 Å². The lowest BCUT2D eigenvalue weighted by atomic mass is 9.93. The second kappa shape index (κ2) is 5.67. The molecule has 2 aromatic rings. The van der Waals surface area contributed by atoms with Crippen molar-refractivity contribution < 1.29 is 4.79 Å². The van der Waals surface area contributed by atoms with Gasteiger partial charge in [0.1, 0.15) is 5.69 Å². The molecule has 1 aliphatic rings. The summed E-state index contributed by atoms with van der Waals surface area (Å²) in [5.41, 5.74) is 1.64. The molecular weight excluding hydrogens is 250 g/mol. The highest BCUT2D eigenvalue weighted by Gasteiger charge is 2.22. The standard InChI is InChI=1S/C16H21N3O/c1-11(13-6-4-8-17-10-13)18-16(20)15-9-12-5-2-3-7-14(12)19-15/h2-3,5,7,9,11,13,17,19H,4,6,8,10H2,1H3,(H,18,20). The lowest BCUT2D eigenvalue weighted by Gasteiger charge is -2.28.